The molecule has 3 nitrogen and oxygen atoms in total. The van der Waals surface area contributed by atoms with E-state index in [1.54, 1.807) is 0 Å². The van der Waals surface area contributed by atoms with Crippen LogP contribution in [0.1, 0.15) is 13.3 Å². The topological polar surface area (TPSA) is 41.3 Å². The van der Waals surface area contributed by atoms with E-state index in [1.165, 1.54) is 38.1 Å². The van der Waals surface area contributed by atoms with Crippen LogP contribution in [0, 0.1) is 0 Å². The highest BCUT2D eigenvalue weighted by Crippen LogP contribution is 2.00. The number of rotatable bonds is 5. The Morgan fingerprint density at radius 2 is 2.00 bits per heavy atom. The molecule has 1 rings (SSSR count). The van der Waals surface area contributed by atoms with E-state index in [4.69, 9.17) is 5.40 Å². The van der Waals surface area contributed by atoms with Crippen molar-refractivity contribution in [2.45, 2.75) is 25.4 Å². The molecule has 4 heteroatoms. The van der Waals surface area contributed by atoms with Crippen molar-refractivity contribution in [3.8, 4) is 0 Å². The number of piperazine rings is 1. The summed E-state index contributed by atoms with van der Waals surface area (Å²) in [5.41, 5.74) is 0. The first-order valence-electron chi connectivity index (χ1n) is 5.51. The maximum atomic E-state index is 6.10. The number of nitrogens with one attached hydrogen (secondary N) is 1. The summed E-state index contributed by atoms with van der Waals surface area (Å²) in [5, 5.41) is 9.46. The van der Waals surface area contributed by atoms with Crippen LogP contribution >= 0.6 is 0 Å². The molecule has 0 aliphatic carbocycles. The van der Waals surface area contributed by atoms with Gasteiger partial charge in [-0.15, -0.1) is 0 Å². The van der Waals surface area contributed by atoms with E-state index < -0.39 is 8.96 Å². The van der Waals surface area contributed by atoms with Crippen LogP contribution in [0.2, 0.25) is 12.1 Å². The minimum Gasteiger partial charge on any atom is -0.353 e. The monoisotopic (exact) mass is 201 g/mol. The quantitative estimate of drug-likeness (QED) is 0.615. The van der Waals surface area contributed by atoms with E-state index in [9.17, 15) is 0 Å². The second-order valence-corrected chi connectivity index (χ2v) is 6.60. The Labute approximate surface area is 83.4 Å². The fraction of sp³-hybridized carbons (Fsp3) is 1.00. The van der Waals surface area contributed by atoms with Gasteiger partial charge in [0, 0.05) is 26.2 Å². The molecule has 1 aliphatic heterocycles. The van der Waals surface area contributed by atoms with Crippen LogP contribution in [0.5, 0.6) is 0 Å². The lowest BCUT2D eigenvalue weighted by atomic mass is 10.4. The zero-order valence-corrected chi connectivity index (χ0v) is 9.91. The van der Waals surface area contributed by atoms with Gasteiger partial charge in [-0.25, -0.2) is 0 Å². The molecule has 0 radical (unpaired) electrons. The van der Waals surface area contributed by atoms with E-state index in [-0.39, 0.29) is 0 Å². The van der Waals surface area contributed by atoms with Crippen LogP contribution in [0.25, 0.3) is 0 Å². The number of nitrogens with zero attached hydrogens (tertiary/aromatic N) is 1. The van der Waals surface area contributed by atoms with Gasteiger partial charge < -0.3 is 15.6 Å². The number of hydrogen-bond acceptors (Lipinski definition) is 3. The average Bonchev–Trinajstić information content (AvgIpc) is 2.17. The zero-order chi connectivity index (χ0) is 9.52. The lowest BCUT2D eigenvalue weighted by molar-refractivity contribution is 0.252. The third-order valence-corrected chi connectivity index (χ3v) is 5.00. The summed E-state index contributed by atoms with van der Waals surface area (Å²) in [7, 11) is -0.835. The molecule has 0 aromatic heterocycles. The van der Waals surface area contributed by atoms with Crippen molar-refractivity contribution in [2.24, 2.45) is 5.40 Å². The van der Waals surface area contributed by atoms with Gasteiger partial charge in [0.15, 0.2) is 0 Å². The SMILES string of the molecule is CCC[SiH](N)CCN1CCNCC1. The minimum absolute atomic E-state index is 0.835. The minimum atomic E-state index is -0.835. The van der Waals surface area contributed by atoms with Gasteiger partial charge in [-0.05, 0) is 18.6 Å². The van der Waals surface area contributed by atoms with Crippen LogP contribution in [-0.4, -0.2) is 46.6 Å². The maximum Gasteiger partial charge on any atom is 0.107 e. The van der Waals surface area contributed by atoms with E-state index in [0.29, 0.717) is 0 Å². The molecule has 78 valence electrons. The van der Waals surface area contributed by atoms with Crippen LogP contribution < -0.4 is 10.7 Å². The second kappa shape index (κ2) is 6.54. The third-order valence-electron chi connectivity index (χ3n) is 2.69. The lowest BCUT2D eigenvalue weighted by Crippen LogP contribution is -2.45. The van der Waals surface area contributed by atoms with Crippen molar-refractivity contribution in [1.82, 2.24) is 10.2 Å². The predicted octanol–water partition coefficient (Wildman–Crippen LogP) is -0.0159. The van der Waals surface area contributed by atoms with Crippen molar-refractivity contribution in [2.75, 3.05) is 32.7 Å². The Hall–Kier alpha value is 0.0969. The van der Waals surface area contributed by atoms with E-state index >= 15 is 0 Å². The first kappa shape index (κ1) is 11.2. The third kappa shape index (κ3) is 4.76. The smallest absolute Gasteiger partial charge is 0.107 e. The number of nitrogens with two attached hydrogens (primary N) is 1. The van der Waals surface area contributed by atoms with Gasteiger partial charge in [0.25, 0.3) is 0 Å². The van der Waals surface area contributed by atoms with Gasteiger partial charge in [-0.2, -0.15) is 0 Å². The maximum absolute atomic E-state index is 6.10. The Morgan fingerprint density at radius 1 is 1.31 bits per heavy atom. The van der Waals surface area contributed by atoms with Crippen molar-refractivity contribution in [3.63, 3.8) is 0 Å². The largest absolute Gasteiger partial charge is 0.353 e. The van der Waals surface area contributed by atoms with Gasteiger partial charge in [0.2, 0.25) is 0 Å². The summed E-state index contributed by atoms with van der Waals surface area (Å²) in [5.74, 6) is 0. The highest BCUT2D eigenvalue weighted by atomic mass is 28.3. The van der Waals surface area contributed by atoms with Crippen molar-refractivity contribution in [3.05, 3.63) is 0 Å². The molecule has 1 fully saturated rings. The molecule has 1 heterocycles. The Balaban J connectivity index is 2.03. The van der Waals surface area contributed by atoms with E-state index in [1.807, 2.05) is 0 Å². The first-order chi connectivity index (χ1) is 6.33. The normalized spacial score (nSPS) is 21.7. The van der Waals surface area contributed by atoms with Crippen LogP contribution in [0.3, 0.4) is 0 Å². The van der Waals surface area contributed by atoms with Gasteiger partial charge in [-0.1, -0.05) is 13.3 Å². The fourth-order valence-corrected chi connectivity index (χ4v) is 3.53. The highest BCUT2D eigenvalue weighted by Gasteiger charge is 2.11. The summed E-state index contributed by atoms with van der Waals surface area (Å²) >= 11 is 0. The van der Waals surface area contributed by atoms with Crippen molar-refractivity contribution < 1.29 is 0 Å². The van der Waals surface area contributed by atoms with Gasteiger partial charge in [0.05, 0.1) is 0 Å². The van der Waals surface area contributed by atoms with Crippen LogP contribution in [0.4, 0.5) is 0 Å². The Morgan fingerprint density at radius 3 is 2.62 bits per heavy atom. The standard InChI is InChI=1S/C9H23N3Si/c1-2-8-13(10)9-7-12-5-3-11-4-6-12/h11,13H,2-10H2,1H3. The predicted molar refractivity (Wildman–Crippen MR) is 60.6 cm³/mol. The molecule has 1 unspecified atom stereocenters. The molecular formula is C9H23N3Si. The first-order valence-corrected chi connectivity index (χ1v) is 7.81. The molecule has 0 amide bonds. The lowest BCUT2D eigenvalue weighted by Gasteiger charge is -2.27. The van der Waals surface area contributed by atoms with Crippen molar-refractivity contribution >= 4 is 8.96 Å². The van der Waals surface area contributed by atoms with Gasteiger partial charge >= 0.3 is 0 Å². The fourth-order valence-electron chi connectivity index (χ4n) is 1.80. The molecule has 0 saturated carbocycles. The molecule has 0 aromatic rings. The molecule has 0 aromatic carbocycles. The summed E-state index contributed by atoms with van der Waals surface area (Å²) in [6, 6.07) is 2.61. The van der Waals surface area contributed by atoms with Crippen molar-refractivity contribution in [1.29, 1.82) is 0 Å². The van der Waals surface area contributed by atoms with Crippen LogP contribution in [0.15, 0.2) is 0 Å². The molecule has 1 atom stereocenters. The molecule has 3 N–H and O–H groups in total. The zero-order valence-electron chi connectivity index (χ0n) is 8.76. The Kier molecular flexibility index (Phi) is 5.62. The van der Waals surface area contributed by atoms with Crippen LogP contribution in [-0.2, 0) is 0 Å². The molecule has 1 aliphatic rings. The second-order valence-electron chi connectivity index (χ2n) is 3.93. The molecular weight excluding hydrogens is 178 g/mol. The Bertz CT molecular complexity index is 126. The summed E-state index contributed by atoms with van der Waals surface area (Å²) < 4.78 is 0. The van der Waals surface area contributed by atoms with Gasteiger partial charge in [-0.3, -0.25) is 0 Å². The highest BCUT2D eigenvalue weighted by molar-refractivity contribution is 6.55. The van der Waals surface area contributed by atoms with E-state index in [2.05, 4.69) is 17.1 Å². The van der Waals surface area contributed by atoms with Gasteiger partial charge in [0.1, 0.15) is 8.96 Å². The molecule has 13 heavy (non-hydrogen) atoms. The summed E-state index contributed by atoms with van der Waals surface area (Å²) in [4.78, 5) is 2.54. The summed E-state index contributed by atoms with van der Waals surface area (Å²) in [6.45, 7) is 8.22. The number of hydrogen-bond donors (Lipinski definition) is 2. The average molecular weight is 201 g/mol. The molecule has 1 saturated heterocycles. The molecule has 0 spiro atoms. The van der Waals surface area contributed by atoms with E-state index in [0.717, 1.165) is 13.1 Å². The molecule has 0 bridgehead atoms. The summed E-state index contributed by atoms with van der Waals surface area (Å²) in [6.07, 6.45) is 1.27.